The van der Waals surface area contributed by atoms with Crippen LogP contribution in [0.1, 0.15) is 12.5 Å². The van der Waals surface area contributed by atoms with Crippen molar-refractivity contribution >= 4 is 28.9 Å². The van der Waals surface area contributed by atoms with Gasteiger partial charge in [0.25, 0.3) is 5.91 Å². The zero-order chi connectivity index (χ0) is 12.3. The van der Waals surface area contributed by atoms with E-state index in [-0.39, 0.29) is 11.1 Å². The predicted octanol–water partition coefficient (Wildman–Crippen LogP) is 2.77. The van der Waals surface area contributed by atoms with Crippen molar-refractivity contribution < 1.29 is 4.79 Å². The maximum Gasteiger partial charge on any atom is 0.264 e. The quantitative estimate of drug-likeness (QED) is 0.786. The van der Waals surface area contributed by atoms with Crippen molar-refractivity contribution in [3.05, 3.63) is 52.4 Å². The summed E-state index contributed by atoms with van der Waals surface area (Å²) in [5.74, 6) is -0.194. The molecule has 3 nitrogen and oxygen atoms in total. The van der Waals surface area contributed by atoms with Crippen molar-refractivity contribution in [3.8, 4) is 0 Å². The Morgan fingerprint density at radius 3 is 2.65 bits per heavy atom. The summed E-state index contributed by atoms with van der Waals surface area (Å²) in [5, 5.41) is 9.98. The lowest BCUT2D eigenvalue weighted by Crippen LogP contribution is -2.18. The van der Waals surface area contributed by atoms with Gasteiger partial charge in [0, 0.05) is 0 Å². The highest BCUT2D eigenvalue weighted by atomic mass is 32.2. The Kier molecular flexibility index (Phi) is 3.44. The molecule has 0 spiro atoms. The topological polar surface area (TPSA) is 53.0 Å². The standard InChI is InChI=1S/C13H12N2OS/c1-9(7-10-5-3-2-4-6-10)8-11-12(16)15-13(14)17-11/h2-8H,1H3,(H2,14,15,16). The van der Waals surface area contributed by atoms with Gasteiger partial charge in [-0.05, 0) is 35.9 Å². The molecule has 2 rings (SSSR count). The largest absolute Gasteiger partial charge is 0.301 e. The normalized spacial score (nSPS) is 18.6. The lowest BCUT2D eigenvalue weighted by atomic mass is 10.1. The average Bonchev–Trinajstić information content (AvgIpc) is 2.58. The lowest BCUT2D eigenvalue weighted by Gasteiger charge is -1.96. The molecule has 1 aromatic carbocycles. The minimum Gasteiger partial charge on any atom is -0.301 e. The van der Waals surface area contributed by atoms with Crippen molar-refractivity contribution in [3.63, 3.8) is 0 Å². The molecule has 0 radical (unpaired) electrons. The first-order chi connectivity index (χ1) is 8.15. The molecular formula is C13H12N2OS. The number of carbonyl (C=O) groups excluding carboxylic acids is 1. The molecule has 1 fully saturated rings. The van der Waals surface area contributed by atoms with Crippen LogP contribution in [0.4, 0.5) is 0 Å². The van der Waals surface area contributed by atoms with Gasteiger partial charge in [0.1, 0.15) is 0 Å². The second-order valence-corrected chi connectivity index (χ2v) is 4.75. The maximum atomic E-state index is 11.4. The minimum atomic E-state index is -0.194. The summed E-state index contributed by atoms with van der Waals surface area (Å²) in [4.78, 5) is 12.0. The van der Waals surface area contributed by atoms with Gasteiger partial charge in [-0.25, -0.2) is 0 Å². The van der Waals surface area contributed by atoms with Gasteiger partial charge in [-0.15, -0.1) is 0 Å². The minimum absolute atomic E-state index is 0.189. The zero-order valence-corrected chi connectivity index (χ0v) is 10.2. The van der Waals surface area contributed by atoms with E-state index in [0.717, 1.165) is 22.9 Å². The average molecular weight is 244 g/mol. The third kappa shape index (κ3) is 3.07. The van der Waals surface area contributed by atoms with Gasteiger partial charge in [0.05, 0.1) is 4.91 Å². The van der Waals surface area contributed by atoms with Crippen LogP contribution in [0.15, 0.2) is 46.9 Å². The zero-order valence-electron chi connectivity index (χ0n) is 9.36. The summed E-state index contributed by atoms with van der Waals surface area (Å²) in [7, 11) is 0. The summed E-state index contributed by atoms with van der Waals surface area (Å²) in [6.07, 6.45) is 3.80. The van der Waals surface area contributed by atoms with Crippen LogP contribution in [0, 0.1) is 5.41 Å². The first-order valence-corrected chi connectivity index (χ1v) is 5.99. The number of nitrogens with one attached hydrogen (secondary N) is 2. The fourth-order valence-corrected chi connectivity index (χ4v) is 2.25. The van der Waals surface area contributed by atoms with E-state index in [2.05, 4.69) is 5.32 Å². The van der Waals surface area contributed by atoms with Crippen LogP contribution in [0.2, 0.25) is 0 Å². The number of thioether (sulfide) groups is 1. The number of rotatable bonds is 2. The molecular weight excluding hydrogens is 232 g/mol. The molecule has 1 saturated heterocycles. The van der Waals surface area contributed by atoms with Gasteiger partial charge in [-0.3, -0.25) is 10.2 Å². The molecule has 86 valence electrons. The first kappa shape index (κ1) is 11.7. The Morgan fingerprint density at radius 2 is 2.06 bits per heavy atom. The van der Waals surface area contributed by atoms with Gasteiger partial charge >= 0.3 is 0 Å². The molecule has 4 heteroatoms. The molecule has 1 aromatic rings. The summed E-state index contributed by atoms with van der Waals surface area (Å²) in [6, 6.07) is 9.92. The summed E-state index contributed by atoms with van der Waals surface area (Å²) in [6.45, 7) is 1.94. The summed E-state index contributed by atoms with van der Waals surface area (Å²) in [5.41, 5.74) is 2.09. The van der Waals surface area contributed by atoms with Gasteiger partial charge in [0.15, 0.2) is 5.17 Å². The van der Waals surface area contributed by atoms with Crippen molar-refractivity contribution in [2.75, 3.05) is 0 Å². The van der Waals surface area contributed by atoms with E-state index >= 15 is 0 Å². The van der Waals surface area contributed by atoms with Crippen LogP contribution in [0.25, 0.3) is 6.08 Å². The van der Waals surface area contributed by atoms with Gasteiger partial charge in [-0.2, -0.15) is 0 Å². The molecule has 0 aromatic heterocycles. The van der Waals surface area contributed by atoms with E-state index in [1.165, 1.54) is 0 Å². The fourth-order valence-electron chi connectivity index (χ4n) is 1.50. The van der Waals surface area contributed by atoms with Gasteiger partial charge < -0.3 is 5.32 Å². The molecule has 0 aliphatic carbocycles. The fraction of sp³-hybridized carbons (Fsp3) is 0.0769. The second kappa shape index (κ2) is 5.01. The van der Waals surface area contributed by atoms with Crippen LogP contribution in [0.3, 0.4) is 0 Å². The van der Waals surface area contributed by atoms with Gasteiger partial charge in [-0.1, -0.05) is 36.4 Å². The Morgan fingerprint density at radius 1 is 1.35 bits per heavy atom. The van der Waals surface area contributed by atoms with E-state index < -0.39 is 0 Å². The SMILES string of the molecule is CC(=Cc1ccccc1)C=C1SC(=N)NC1=O. The van der Waals surface area contributed by atoms with E-state index in [1.807, 2.05) is 43.3 Å². The second-order valence-electron chi connectivity index (χ2n) is 3.69. The highest BCUT2D eigenvalue weighted by Gasteiger charge is 2.21. The molecule has 0 unspecified atom stereocenters. The van der Waals surface area contributed by atoms with Crippen molar-refractivity contribution in [2.24, 2.45) is 0 Å². The molecule has 2 N–H and O–H groups in total. The Hall–Kier alpha value is -1.81. The van der Waals surface area contributed by atoms with Crippen molar-refractivity contribution in [2.45, 2.75) is 6.92 Å². The molecule has 1 aliphatic rings. The number of hydrogen-bond acceptors (Lipinski definition) is 3. The Bertz CT molecular complexity index is 517. The molecule has 1 heterocycles. The van der Waals surface area contributed by atoms with Crippen LogP contribution >= 0.6 is 11.8 Å². The predicted molar refractivity (Wildman–Crippen MR) is 71.6 cm³/mol. The number of carbonyl (C=O) groups is 1. The highest BCUT2D eigenvalue weighted by molar-refractivity contribution is 8.18. The van der Waals surface area contributed by atoms with E-state index in [0.29, 0.717) is 4.91 Å². The highest BCUT2D eigenvalue weighted by Crippen LogP contribution is 2.24. The van der Waals surface area contributed by atoms with Crippen LogP contribution in [0.5, 0.6) is 0 Å². The van der Waals surface area contributed by atoms with Crippen molar-refractivity contribution in [1.82, 2.24) is 5.32 Å². The molecule has 1 amide bonds. The molecule has 0 atom stereocenters. The number of benzene rings is 1. The van der Waals surface area contributed by atoms with Crippen LogP contribution < -0.4 is 5.32 Å². The monoisotopic (exact) mass is 244 g/mol. The molecule has 0 bridgehead atoms. The van der Waals surface area contributed by atoms with Crippen LogP contribution in [-0.4, -0.2) is 11.1 Å². The van der Waals surface area contributed by atoms with E-state index in [4.69, 9.17) is 5.41 Å². The Labute approximate surface area is 104 Å². The summed E-state index contributed by atoms with van der Waals surface area (Å²) < 4.78 is 0. The number of amidine groups is 1. The molecule has 17 heavy (non-hydrogen) atoms. The number of allylic oxidation sites excluding steroid dienone is 2. The van der Waals surface area contributed by atoms with E-state index in [1.54, 1.807) is 6.08 Å². The summed E-state index contributed by atoms with van der Waals surface area (Å²) >= 11 is 1.16. The lowest BCUT2D eigenvalue weighted by molar-refractivity contribution is -0.115. The van der Waals surface area contributed by atoms with Crippen molar-refractivity contribution in [1.29, 1.82) is 5.41 Å². The van der Waals surface area contributed by atoms with Gasteiger partial charge in [0.2, 0.25) is 0 Å². The maximum absolute atomic E-state index is 11.4. The number of hydrogen-bond donors (Lipinski definition) is 2. The van der Waals surface area contributed by atoms with Crippen LogP contribution in [-0.2, 0) is 4.79 Å². The first-order valence-electron chi connectivity index (χ1n) is 5.18. The third-order valence-corrected chi connectivity index (χ3v) is 3.04. The molecule has 1 aliphatic heterocycles. The number of amides is 1. The third-order valence-electron chi connectivity index (χ3n) is 2.22. The Balaban J connectivity index is 2.19. The molecule has 0 saturated carbocycles. The van der Waals surface area contributed by atoms with E-state index in [9.17, 15) is 4.79 Å². The smallest absolute Gasteiger partial charge is 0.264 e.